The maximum absolute atomic E-state index is 12.0. The second-order valence-corrected chi connectivity index (χ2v) is 2.80. The zero-order valence-electron chi connectivity index (χ0n) is 8.08. The van der Waals surface area contributed by atoms with Gasteiger partial charge in [0.25, 0.3) is 5.91 Å². The van der Waals surface area contributed by atoms with E-state index in [4.69, 9.17) is 16.7 Å². The minimum atomic E-state index is -5.02. The predicted molar refractivity (Wildman–Crippen MR) is 48.6 cm³/mol. The number of alkyl halides is 3. The van der Waals surface area contributed by atoms with Crippen molar-refractivity contribution in [1.82, 2.24) is 4.98 Å². The highest BCUT2D eigenvalue weighted by atomic mass is 19.4. The molecule has 0 aliphatic carbocycles. The zero-order chi connectivity index (χ0) is 13.2. The van der Waals surface area contributed by atoms with Crippen LogP contribution < -0.4 is 16.2 Å². The second kappa shape index (κ2) is 4.17. The van der Waals surface area contributed by atoms with Crippen LogP contribution in [0, 0.1) is 11.3 Å². The first-order valence-corrected chi connectivity index (χ1v) is 4.00. The van der Waals surface area contributed by atoms with Crippen molar-refractivity contribution < 1.29 is 22.7 Å². The van der Waals surface area contributed by atoms with Crippen LogP contribution in [0.5, 0.6) is 5.75 Å². The smallest absolute Gasteiger partial charge is 0.403 e. The van der Waals surface area contributed by atoms with Crippen LogP contribution in [-0.2, 0) is 0 Å². The lowest BCUT2D eigenvalue weighted by Crippen LogP contribution is -2.22. The first-order chi connectivity index (χ1) is 7.74. The molecule has 1 amide bonds. The summed E-state index contributed by atoms with van der Waals surface area (Å²) in [5.41, 5.74) is 8.47. The van der Waals surface area contributed by atoms with Crippen LogP contribution >= 0.6 is 0 Å². The van der Waals surface area contributed by atoms with Crippen molar-refractivity contribution in [3.05, 3.63) is 17.5 Å². The van der Waals surface area contributed by atoms with Gasteiger partial charge < -0.3 is 16.2 Å². The molecule has 0 aromatic carbocycles. The Kier molecular flexibility index (Phi) is 3.08. The fraction of sp³-hybridized carbons (Fsp3) is 0.125. The van der Waals surface area contributed by atoms with Crippen molar-refractivity contribution in [2.45, 2.75) is 6.36 Å². The van der Waals surface area contributed by atoms with Gasteiger partial charge in [-0.3, -0.25) is 4.79 Å². The first-order valence-electron chi connectivity index (χ1n) is 4.00. The van der Waals surface area contributed by atoms with Gasteiger partial charge >= 0.3 is 6.36 Å². The minimum absolute atomic E-state index is 0.350. The summed E-state index contributed by atoms with van der Waals surface area (Å²) in [6.07, 6.45) is -5.02. The van der Waals surface area contributed by atoms with E-state index < -0.39 is 29.4 Å². The number of aromatic nitrogens is 1. The van der Waals surface area contributed by atoms with Crippen LogP contribution in [0.3, 0.4) is 0 Å². The van der Waals surface area contributed by atoms with Gasteiger partial charge in [0.15, 0.2) is 17.1 Å². The summed E-state index contributed by atoms with van der Waals surface area (Å²) in [7, 11) is 0. The number of hydrogen-bond acceptors (Lipinski definition) is 5. The number of nitriles is 1. The van der Waals surface area contributed by atoms with Gasteiger partial charge in [-0.25, -0.2) is 4.98 Å². The quantitative estimate of drug-likeness (QED) is 0.789. The number of carbonyl (C=O) groups excluding carboxylic acids is 1. The van der Waals surface area contributed by atoms with Gasteiger partial charge in [0.1, 0.15) is 6.07 Å². The number of carbonyl (C=O) groups is 1. The number of hydrogen-bond donors (Lipinski definition) is 2. The van der Waals surface area contributed by atoms with Crippen LogP contribution in [0.1, 0.15) is 16.2 Å². The minimum Gasteiger partial charge on any atom is -0.403 e. The monoisotopic (exact) mass is 246 g/mol. The number of anilines is 1. The number of rotatable bonds is 2. The van der Waals surface area contributed by atoms with Crippen LogP contribution in [0.4, 0.5) is 18.9 Å². The van der Waals surface area contributed by atoms with Crippen molar-refractivity contribution in [1.29, 1.82) is 5.26 Å². The van der Waals surface area contributed by atoms with Gasteiger partial charge in [-0.05, 0) is 0 Å². The summed E-state index contributed by atoms with van der Waals surface area (Å²) in [6.45, 7) is 0. The van der Waals surface area contributed by atoms with E-state index in [1.54, 1.807) is 0 Å². The highest BCUT2D eigenvalue weighted by molar-refractivity contribution is 5.94. The Morgan fingerprint density at radius 2 is 2.12 bits per heavy atom. The molecule has 0 aliphatic heterocycles. The van der Waals surface area contributed by atoms with Gasteiger partial charge in [0.05, 0.1) is 5.69 Å². The average molecular weight is 246 g/mol. The molecule has 17 heavy (non-hydrogen) atoms. The molecule has 4 N–H and O–H groups in total. The van der Waals surface area contributed by atoms with E-state index in [-0.39, 0.29) is 5.69 Å². The number of amides is 1. The third kappa shape index (κ3) is 2.97. The van der Waals surface area contributed by atoms with Gasteiger partial charge in [-0.15, -0.1) is 13.2 Å². The summed E-state index contributed by atoms with van der Waals surface area (Å²) in [5.74, 6) is -2.21. The fourth-order valence-corrected chi connectivity index (χ4v) is 0.978. The Hall–Kier alpha value is -2.50. The normalized spacial score (nSPS) is 10.7. The molecule has 0 atom stereocenters. The lowest BCUT2D eigenvalue weighted by molar-refractivity contribution is -0.274. The van der Waals surface area contributed by atoms with E-state index in [1.165, 1.54) is 6.07 Å². The molecule has 0 radical (unpaired) electrons. The molecule has 1 aromatic heterocycles. The third-order valence-corrected chi connectivity index (χ3v) is 1.58. The second-order valence-electron chi connectivity index (χ2n) is 2.80. The molecule has 6 nitrogen and oxygen atoms in total. The number of pyridine rings is 1. The van der Waals surface area contributed by atoms with E-state index in [0.717, 1.165) is 0 Å². The molecule has 1 heterocycles. The molecule has 0 saturated carbocycles. The first kappa shape index (κ1) is 12.6. The largest absolute Gasteiger partial charge is 0.573 e. The molecule has 0 saturated heterocycles. The number of nitrogens with zero attached hydrogens (tertiary/aromatic N) is 2. The summed E-state index contributed by atoms with van der Waals surface area (Å²) in [6, 6.07) is 2.17. The Balaban J connectivity index is 3.34. The fourth-order valence-electron chi connectivity index (χ4n) is 0.978. The standard InChI is InChI=1S/C8H5F3N4O2/c9-8(10,11)17-5-1-3(13)4(2-12)15-6(5)7(14)16/h1H,13H2,(H2,14,16). The number of nitrogens with two attached hydrogens (primary N) is 2. The molecular formula is C8H5F3N4O2. The van der Waals surface area contributed by atoms with Crippen LogP contribution in [-0.4, -0.2) is 17.3 Å². The molecule has 0 unspecified atom stereocenters. The van der Waals surface area contributed by atoms with Gasteiger partial charge in [-0.1, -0.05) is 0 Å². The maximum atomic E-state index is 12.0. The van der Waals surface area contributed by atoms with Gasteiger partial charge in [0.2, 0.25) is 0 Å². The van der Waals surface area contributed by atoms with E-state index in [9.17, 15) is 18.0 Å². The summed E-state index contributed by atoms with van der Waals surface area (Å²) in [4.78, 5) is 14.1. The molecule has 0 aliphatic rings. The van der Waals surface area contributed by atoms with Crippen molar-refractivity contribution in [2.24, 2.45) is 5.73 Å². The van der Waals surface area contributed by atoms with E-state index in [1.807, 2.05) is 0 Å². The van der Waals surface area contributed by atoms with Crippen LogP contribution in [0.25, 0.3) is 0 Å². The number of halogens is 3. The Morgan fingerprint density at radius 3 is 2.53 bits per heavy atom. The van der Waals surface area contributed by atoms with Crippen molar-refractivity contribution in [3.8, 4) is 11.8 Å². The topological polar surface area (TPSA) is 115 Å². The molecule has 9 heteroatoms. The maximum Gasteiger partial charge on any atom is 0.573 e. The molecule has 1 aromatic rings. The SMILES string of the molecule is N#Cc1nc(C(N)=O)c(OC(F)(F)F)cc1N. The molecule has 0 bridgehead atoms. The van der Waals surface area contributed by atoms with Crippen molar-refractivity contribution >= 4 is 11.6 Å². The third-order valence-electron chi connectivity index (χ3n) is 1.58. The Bertz CT molecular complexity index is 507. The lowest BCUT2D eigenvalue weighted by atomic mass is 10.2. The van der Waals surface area contributed by atoms with Gasteiger partial charge in [0, 0.05) is 6.07 Å². The molecular weight excluding hydrogens is 241 g/mol. The number of nitrogen functional groups attached to an aromatic ring is 1. The average Bonchev–Trinajstić information content (AvgIpc) is 2.14. The summed E-state index contributed by atoms with van der Waals surface area (Å²) in [5, 5.41) is 8.54. The van der Waals surface area contributed by atoms with Crippen LogP contribution in [0.2, 0.25) is 0 Å². The molecule has 90 valence electrons. The lowest BCUT2D eigenvalue weighted by Gasteiger charge is -2.11. The Morgan fingerprint density at radius 1 is 1.53 bits per heavy atom. The van der Waals surface area contributed by atoms with E-state index >= 15 is 0 Å². The number of primary amides is 1. The highest BCUT2D eigenvalue weighted by Gasteiger charge is 2.33. The highest BCUT2D eigenvalue weighted by Crippen LogP contribution is 2.28. The van der Waals surface area contributed by atoms with E-state index in [2.05, 4.69) is 9.72 Å². The van der Waals surface area contributed by atoms with Crippen LogP contribution in [0.15, 0.2) is 6.07 Å². The predicted octanol–water partition coefficient (Wildman–Crippen LogP) is 0.533. The molecule has 0 spiro atoms. The molecule has 1 rings (SSSR count). The summed E-state index contributed by atoms with van der Waals surface area (Å²) >= 11 is 0. The van der Waals surface area contributed by atoms with Gasteiger partial charge in [-0.2, -0.15) is 5.26 Å². The molecule has 0 fully saturated rings. The van der Waals surface area contributed by atoms with Crippen molar-refractivity contribution in [2.75, 3.05) is 5.73 Å². The van der Waals surface area contributed by atoms with E-state index in [0.29, 0.717) is 6.07 Å². The number of ether oxygens (including phenoxy) is 1. The van der Waals surface area contributed by atoms with Crippen molar-refractivity contribution in [3.63, 3.8) is 0 Å². The summed E-state index contributed by atoms with van der Waals surface area (Å²) < 4.78 is 39.5. The zero-order valence-corrected chi connectivity index (χ0v) is 8.08. The Labute approximate surface area is 92.6 Å².